The molecule has 2 aromatic heterocycles. The summed E-state index contributed by atoms with van der Waals surface area (Å²) >= 11 is 0. The second-order valence-corrected chi connectivity index (χ2v) is 8.33. The lowest BCUT2D eigenvalue weighted by Crippen LogP contribution is -2.32. The molecule has 3 heterocycles. The number of hydrogen-bond acceptors (Lipinski definition) is 9. The van der Waals surface area contributed by atoms with Gasteiger partial charge in [-0.2, -0.15) is 0 Å². The Morgan fingerprint density at radius 3 is 2.59 bits per heavy atom. The SMILES string of the molecule is Cc1c(C(C)OC(=O)CCC(=O)O)oc2ccc(C3=CC(=O)OC3)cc12.N[C@@H](Cc1cnc[nH]1)C(=O)O. The molecule has 0 radical (unpaired) electrons. The van der Waals surface area contributed by atoms with E-state index in [9.17, 15) is 19.2 Å². The lowest BCUT2D eigenvalue weighted by Gasteiger charge is -2.11. The van der Waals surface area contributed by atoms with E-state index in [4.69, 9.17) is 29.8 Å². The number of rotatable bonds is 9. The van der Waals surface area contributed by atoms with Crippen LogP contribution in [0.2, 0.25) is 0 Å². The normalized spacial score (nSPS) is 14.2. The van der Waals surface area contributed by atoms with E-state index >= 15 is 0 Å². The molecule has 37 heavy (non-hydrogen) atoms. The molecule has 0 spiro atoms. The Morgan fingerprint density at radius 1 is 1.24 bits per heavy atom. The zero-order valence-corrected chi connectivity index (χ0v) is 20.2. The number of nitrogens with one attached hydrogen (secondary N) is 1. The number of aryl methyl sites for hydroxylation is 1. The minimum Gasteiger partial charge on any atom is -0.481 e. The molecule has 1 aliphatic rings. The van der Waals surface area contributed by atoms with Crippen LogP contribution in [-0.4, -0.2) is 56.7 Å². The third kappa shape index (κ3) is 7.27. The first-order chi connectivity index (χ1) is 17.5. The van der Waals surface area contributed by atoms with Crippen LogP contribution in [-0.2, 0) is 35.1 Å². The molecule has 1 unspecified atom stereocenters. The van der Waals surface area contributed by atoms with Gasteiger partial charge in [-0.1, -0.05) is 6.07 Å². The summed E-state index contributed by atoms with van der Waals surface area (Å²) in [7, 11) is 0. The Morgan fingerprint density at radius 2 is 2.00 bits per heavy atom. The molecule has 0 amide bonds. The maximum absolute atomic E-state index is 11.7. The first kappa shape index (κ1) is 27.1. The minimum absolute atomic E-state index is 0.189. The van der Waals surface area contributed by atoms with Crippen LogP contribution >= 0.6 is 0 Å². The Labute approximate surface area is 211 Å². The molecule has 12 heteroatoms. The molecule has 1 aromatic carbocycles. The summed E-state index contributed by atoms with van der Waals surface area (Å²) in [6, 6.07) is 4.69. The standard InChI is InChI=1S/C19H18O7.C6H9N3O2/c1-10-14-7-12(13-8-18(23)24-9-13)3-4-15(14)26-19(10)11(2)25-17(22)6-5-16(20)21;7-5(6(10)11)1-4-2-8-3-9-4/h3-4,7-8,11H,5-6,9H2,1-2H3,(H,20,21);2-3,5H,1,7H2,(H,8,9)(H,10,11)/t;5-/m.0/s1. The summed E-state index contributed by atoms with van der Waals surface area (Å²) in [6.45, 7) is 3.78. The monoisotopic (exact) mass is 513 g/mol. The van der Waals surface area contributed by atoms with Gasteiger partial charge in [0.1, 0.15) is 24.0 Å². The van der Waals surface area contributed by atoms with Gasteiger partial charge in [-0.3, -0.25) is 14.4 Å². The number of carboxylic acid groups (broad SMARTS) is 2. The topological polar surface area (TPSA) is 195 Å². The van der Waals surface area contributed by atoms with Crippen LogP contribution in [0.3, 0.4) is 0 Å². The van der Waals surface area contributed by atoms with Crippen LogP contribution in [0, 0.1) is 6.92 Å². The van der Waals surface area contributed by atoms with Gasteiger partial charge < -0.3 is 34.8 Å². The molecule has 0 bridgehead atoms. The molecule has 196 valence electrons. The van der Waals surface area contributed by atoms with Gasteiger partial charge >= 0.3 is 23.9 Å². The summed E-state index contributed by atoms with van der Waals surface area (Å²) < 4.78 is 16.0. The summed E-state index contributed by atoms with van der Waals surface area (Å²) in [6.07, 6.45) is 3.70. The van der Waals surface area contributed by atoms with E-state index in [2.05, 4.69) is 9.97 Å². The van der Waals surface area contributed by atoms with Crippen molar-refractivity contribution in [3.05, 3.63) is 59.4 Å². The molecule has 1 aliphatic heterocycles. The van der Waals surface area contributed by atoms with Gasteiger partial charge in [0, 0.05) is 40.9 Å². The van der Waals surface area contributed by atoms with Crippen molar-refractivity contribution in [2.75, 3.05) is 6.61 Å². The van der Waals surface area contributed by atoms with Crippen molar-refractivity contribution in [3.8, 4) is 0 Å². The molecule has 0 saturated heterocycles. The predicted octanol–water partition coefficient (Wildman–Crippen LogP) is 2.51. The number of fused-ring (bicyclic) bond motifs is 1. The van der Waals surface area contributed by atoms with E-state index in [0.717, 1.165) is 27.8 Å². The number of aromatic amines is 1. The number of imidazole rings is 1. The second kappa shape index (κ2) is 12.0. The first-order valence-electron chi connectivity index (χ1n) is 11.3. The van der Waals surface area contributed by atoms with Crippen LogP contribution in [0.5, 0.6) is 0 Å². The van der Waals surface area contributed by atoms with Crippen LogP contribution in [0.15, 0.2) is 41.2 Å². The lowest BCUT2D eigenvalue weighted by atomic mass is 10.0. The van der Waals surface area contributed by atoms with Crippen molar-refractivity contribution in [2.45, 2.75) is 45.3 Å². The highest BCUT2D eigenvalue weighted by Gasteiger charge is 2.22. The third-order valence-corrected chi connectivity index (χ3v) is 5.54. The molecule has 12 nitrogen and oxygen atoms in total. The Hall–Kier alpha value is -4.45. The van der Waals surface area contributed by atoms with Crippen molar-refractivity contribution < 1.29 is 43.3 Å². The molecular formula is C25H27N3O9. The average molecular weight is 514 g/mol. The van der Waals surface area contributed by atoms with E-state index in [-0.39, 0.29) is 31.8 Å². The number of benzene rings is 1. The van der Waals surface area contributed by atoms with Crippen molar-refractivity contribution in [3.63, 3.8) is 0 Å². The van der Waals surface area contributed by atoms with Gasteiger partial charge in [-0.05, 0) is 31.5 Å². The van der Waals surface area contributed by atoms with Crippen LogP contribution in [0.4, 0.5) is 0 Å². The number of ether oxygens (including phenoxy) is 2. The van der Waals surface area contributed by atoms with E-state index in [1.54, 1.807) is 19.2 Å². The largest absolute Gasteiger partial charge is 0.481 e. The second-order valence-electron chi connectivity index (χ2n) is 8.33. The number of carboxylic acids is 2. The lowest BCUT2D eigenvalue weighted by molar-refractivity contribution is -0.152. The summed E-state index contributed by atoms with van der Waals surface area (Å²) in [4.78, 5) is 50.3. The molecule has 4 rings (SSSR count). The maximum atomic E-state index is 11.7. The average Bonchev–Trinajstić information content (AvgIpc) is 3.59. The highest BCUT2D eigenvalue weighted by atomic mass is 16.6. The molecule has 5 N–H and O–H groups in total. The quantitative estimate of drug-likeness (QED) is 0.307. The third-order valence-electron chi connectivity index (χ3n) is 5.54. The number of nitrogens with zero attached hydrogens (tertiary/aromatic N) is 1. The number of nitrogens with two attached hydrogens (primary N) is 1. The molecule has 0 saturated carbocycles. The van der Waals surface area contributed by atoms with Crippen molar-refractivity contribution in [2.24, 2.45) is 5.73 Å². The Bertz CT molecular complexity index is 1320. The van der Waals surface area contributed by atoms with E-state index in [1.807, 2.05) is 19.1 Å². The van der Waals surface area contributed by atoms with Crippen LogP contribution in [0.25, 0.3) is 16.5 Å². The smallest absolute Gasteiger partial charge is 0.331 e. The maximum Gasteiger partial charge on any atom is 0.331 e. The van der Waals surface area contributed by atoms with E-state index in [0.29, 0.717) is 11.3 Å². The van der Waals surface area contributed by atoms with Gasteiger partial charge in [-0.25, -0.2) is 9.78 Å². The zero-order chi connectivity index (χ0) is 27.1. The molecule has 0 aliphatic carbocycles. The number of aromatic nitrogens is 2. The number of carbonyl (C=O) groups excluding carboxylic acids is 2. The van der Waals surface area contributed by atoms with E-state index in [1.165, 1.54) is 12.4 Å². The Kier molecular flexibility index (Phi) is 8.80. The van der Waals surface area contributed by atoms with Crippen LogP contribution in [0.1, 0.15) is 48.5 Å². The van der Waals surface area contributed by atoms with Crippen molar-refractivity contribution in [1.82, 2.24) is 9.97 Å². The molecule has 2 atom stereocenters. The first-order valence-corrected chi connectivity index (χ1v) is 11.3. The zero-order valence-electron chi connectivity index (χ0n) is 20.2. The van der Waals surface area contributed by atoms with Crippen molar-refractivity contribution in [1.29, 1.82) is 0 Å². The van der Waals surface area contributed by atoms with Gasteiger partial charge in [-0.15, -0.1) is 0 Å². The van der Waals surface area contributed by atoms with Gasteiger partial charge in [0.15, 0.2) is 6.10 Å². The highest BCUT2D eigenvalue weighted by molar-refractivity contribution is 5.97. The summed E-state index contributed by atoms with van der Waals surface area (Å²) in [5, 5.41) is 17.9. The fourth-order valence-corrected chi connectivity index (χ4v) is 3.61. The summed E-state index contributed by atoms with van der Waals surface area (Å²) in [5.41, 5.74) is 9.12. The fraction of sp³-hybridized carbons (Fsp3) is 0.320. The number of hydrogen-bond donors (Lipinski definition) is 4. The van der Waals surface area contributed by atoms with Crippen molar-refractivity contribution >= 4 is 40.4 Å². The van der Waals surface area contributed by atoms with Crippen LogP contribution < -0.4 is 5.73 Å². The van der Waals surface area contributed by atoms with Gasteiger partial charge in [0.2, 0.25) is 0 Å². The molecule has 3 aromatic rings. The minimum atomic E-state index is -1.05. The summed E-state index contributed by atoms with van der Waals surface area (Å²) in [5.74, 6) is -2.49. The van der Waals surface area contributed by atoms with Gasteiger partial charge in [0.05, 0.1) is 19.2 Å². The number of esters is 2. The number of aliphatic carboxylic acids is 2. The number of H-pyrrole nitrogens is 1. The predicted molar refractivity (Wildman–Crippen MR) is 129 cm³/mol. The molecule has 0 fully saturated rings. The Balaban J connectivity index is 0.000000289. The fourth-order valence-electron chi connectivity index (χ4n) is 3.61. The number of furan rings is 1. The number of carbonyl (C=O) groups is 4. The van der Waals surface area contributed by atoms with Gasteiger partial charge in [0.25, 0.3) is 0 Å². The van der Waals surface area contributed by atoms with E-state index < -0.39 is 30.1 Å². The highest BCUT2D eigenvalue weighted by Crippen LogP contribution is 2.33. The number of cyclic esters (lactones) is 1. The molecular weight excluding hydrogens is 486 g/mol.